The third kappa shape index (κ3) is 5.03. The molecule has 7 nitrogen and oxygen atoms in total. The first kappa shape index (κ1) is 22.1. The number of carbonyl (C=O) groups excluding carboxylic acids is 2. The molecule has 32 heavy (non-hydrogen) atoms. The first-order chi connectivity index (χ1) is 15.5. The van der Waals surface area contributed by atoms with E-state index in [9.17, 15) is 9.59 Å². The van der Waals surface area contributed by atoms with E-state index in [1.165, 1.54) is 11.8 Å². The zero-order chi connectivity index (χ0) is 22.5. The molecule has 2 aromatic carbocycles. The fourth-order valence-electron chi connectivity index (χ4n) is 3.80. The van der Waals surface area contributed by atoms with E-state index in [2.05, 4.69) is 22.0 Å². The minimum Gasteiger partial charge on any atom is -0.376 e. The van der Waals surface area contributed by atoms with Gasteiger partial charge in [0.25, 0.3) is 0 Å². The first-order valence-electron chi connectivity index (χ1n) is 10.6. The molecule has 166 valence electrons. The number of carbonyl (C=O) groups is 2. The third-order valence-corrected chi connectivity index (χ3v) is 6.43. The molecule has 2 heterocycles. The number of imide groups is 1. The second-order valence-corrected chi connectivity index (χ2v) is 8.99. The number of thioether (sulfide) groups is 1. The molecule has 4 rings (SSSR count). The maximum Gasteiger partial charge on any atom is 0.318 e. The Balaban J connectivity index is 1.81. The summed E-state index contributed by atoms with van der Waals surface area (Å²) in [6.45, 7) is 3.13. The second kappa shape index (κ2) is 10.0. The average Bonchev–Trinajstić information content (AvgIpc) is 3.43. The van der Waals surface area contributed by atoms with E-state index >= 15 is 0 Å². The molecule has 3 amide bonds. The predicted molar refractivity (Wildman–Crippen MR) is 125 cm³/mol. The molecule has 0 radical (unpaired) electrons. The summed E-state index contributed by atoms with van der Waals surface area (Å²) in [5.74, 6) is -0.448. The molecule has 2 atom stereocenters. The Bertz CT molecular complexity index is 1080. The molecule has 3 N–H and O–H groups in total. The number of primary amides is 1. The van der Waals surface area contributed by atoms with Crippen molar-refractivity contribution in [2.24, 2.45) is 5.73 Å². The molecule has 1 aliphatic heterocycles. The Morgan fingerprint density at radius 2 is 1.81 bits per heavy atom. The van der Waals surface area contributed by atoms with Gasteiger partial charge in [-0.1, -0.05) is 72.4 Å². The fraction of sp³-hybridized carbons (Fsp3) is 0.292. The van der Waals surface area contributed by atoms with Gasteiger partial charge < -0.3 is 15.0 Å². The van der Waals surface area contributed by atoms with Crippen LogP contribution in [0.2, 0.25) is 0 Å². The van der Waals surface area contributed by atoms with Crippen molar-refractivity contribution in [1.29, 1.82) is 0 Å². The van der Waals surface area contributed by atoms with Crippen LogP contribution in [0.5, 0.6) is 0 Å². The topological polar surface area (TPSA) is 99.2 Å². The maximum atomic E-state index is 12.4. The molecule has 1 saturated heterocycles. The standard InChI is InChI=1S/C24H26N4O3S/c1-16(22(29)27-23(25)30)32-24-26-20(17-9-4-2-5-10-17)21(18-11-6-3-7-12-18)28(24)15-19-13-8-14-31-19/h2-7,9-12,16,19H,8,13-15H2,1H3,(H3,25,27,29,30)/t16-,19-/m1/s1. The Hall–Kier alpha value is -3.10. The van der Waals surface area contributed by atoms with E-state index < -0.39 is 17.2 Å². The number of aromatic nitrogens is 2. The zero-order valence-electron chi connectivity index (χ0n) is 17.9. The number of nitrogens with one attached hydrogen (secondary N) is 1. The number of ether oxygens (including phenoxy) is 1. The first-order valence-corrected chi connectivity index (χ1v) is 11.5. The summed E-state index contributed by atoms with van der Waals surface area (Å²) in [4.78, 5) is 28.5. The lowest BCUT2D eigenvalue weighted by atomic mass is 10.0. The molecule has 0 aliphatic carbocycles. The van der Waals surface area contributed by atoms with Gasteiger partial charge >= 0.3 is 6.03 Å². The van der Waals surface area contributed by atoms with Gasteiger partial charge in [-0.3, -0.25) is 10.1 Å². The summed E-state index contributed by atoms with van der Waals surface area (Å²) in [7, 11) is 0. The summed E-state index contributed by atoms with van der Waals surface area (Å²) in [5, 5.41) is 2.30. The second-order valence-electron chi connectivity index (χ2n) is 7.68. The fourth-order valence-corrected chi connectivity index (χ4v) is 4.72. The van der Waals surface area contributed by atoms with Crippen LogP contribution in [0.15, 0.2) is 65.8 Å². The van der Waals surface area contributed by atoms with Crippen LogP contribution in [-0.2, 0) is 16.1 Å². The van der Waals surface area contributed by atoms with E-state index in [0.717, 1.165) is 42.0 Å². The van der Waals surface area contributed by atoms with Crippen LogP contribution >= 0.6 is 11.8 Å². The van der Waals surface area contributed by atoms with E-state index in [1.54, 1.807) is 6.92 Å². The molecule has 1 aliphatic rings. The predicted octanol–water partition coefficient (Wildman–Crippen LogP) is 4.07. The smallest absolute Gasteiger partial charge is 0.318 e. The van der Waals surface area contributed by atoms with Crippen LogP contribution in [-0.4, -0.2) is 39.5 Å². The van der Waals surface area contributed by atoms with Crippen LogP contribution in [0, 0.1) is 0 Å². The van der Waals surface area contributed by atoms with Gasteiger partial charge in [-0.25, -0.2) is 9.78 Å². The molecule has 0 unspecified atom stereocenters. The molecule has 3 aromatic rings. The lowest BCUT2D eigenvalue weighted by Crippen LogP contribution is -2.39. The van der Waals surface area contributed by atoms with Gasteiger partial charge in [0, 0.05) is 17.7 Å². The molecule has 8 heteroatoms. The van der Waals surface area contributed by atoms with Gasteiger partial charge in [0.2, 0.25) is 5.91 Å². The molecule has 1 aromatic heterocycles. The van der Waals surface area contributed by atoms with Gasteiger partial charge in [-0.05, 0) is 19.8 Å². The van der Waals surface area contributed by atoms with Gasteiger partial charge in [-0.15, -0.1) is 0 Å². The molecular weight excluding hydrogens is 424 g/mol. The van der Waals surface area contributed by atoms with Crippen molar-refractivity contribution >= 4 is 23.7 Å². The number of nitrogens with zero attached hydrogens (tertiary/aromatic N) is 2. The maximum absolute atomic E-state index is 12.4. The Kier molecular flexibility index (Phi) is 6.92. The highest BCUT2D eigenvalue weighted by atomic mass is 32.2. The lowest BCUT2D eigenvalue weighted by Gasteiger charge is -2.18. The monoisotopic (exact) mass is 450 g/mol. The number of rotatable bonds is 7. The normalized spacial score (nSPS) is 16.6. The van der Waals surface area contributed by atoms with Crippen LogP contribution in [0.3, 0.4) is 0 Å². The van der Waals surface area contributed by atoms with Crippen LogP contribution < -0.4 is 11.1 Å². The van der Waals surface area contributed by atoms with E-state index in [1.807, 2.05) is 48.5 Å². The van der Waals surface area contributed by atoms with Crippen LogP contribution in [0.4, 0.5) is 4.79 Å². The van der Waals surface area contributed by atoms with Crippen molar-refractivity contribution in [3.8, 4) is 22.5 Å². The summed E-state index contributed by atoms with van der Waals surface area (Å²) in [6, 6.07) is 19.3. The van der Waals surface area contributed by atoms with E-state index in [4.69, 9.17) is 15.5 Å². The highest BCUT2D eigenvalue weighted by Gasteiger charge is 2.27. The highest BCUT2D eigenvalue weighted by molar-refractivity contribution is 8.00. The van der Waals surface area contributed by atoms with Crippen molar-refractivity contribution in [3.63, 3.8) is 0 Å². The number of nitrogens with two attached hydrogens (primary N) is 1. The number of hydrogen-bond donors (Lipinski definition) is 2. The molecule has 0 saturated carbocycles. The molecule has 0 bridgehead atoms. The minimum atomic E-state index is -0.861. The zero-order valence-corrected chi connectivity index (χ0v) is 18.7. The number of imidazole rings is 1. The quantitative estimate of drug-likeness (QED) is 0.529. The van der Waals surface area contributed by atoms with Crippen LogP contribution in [0.25, 0.3) is 22.5 Å². The van der Waals surface area contributed by atoms with Gasteiger partial charge in [-0.2, -0.15) is 0 Å². The number of amides is 3. The largest absolute Gasteiger partial charge is 0.376 e. The summed E-state index contributed by atoms with van der Waals surface area (Å²) in [5.41, 5.74) is 8.99. The lowest BCUT2D eigenvalue weighted by molar-refractivity contribution is -0.119. The summed E-state index contributed by atoms with van der Waals surface area (Å²) in [6.07, 6.45) is 2.10. The van der Waals surface area contributed by atoms with Crippen molar-refractivity contribution < 1.29 is 14.3 Å². The van der Waals surface area contributed by atoms with Crippen molar-refractivity contribution in [2.45, 2.75) is 42.8 Å². The summed E-state index contributed by atoms with van der Waals surface area (Å²) < 4.78 is 8.07. The molecular formula is C24H26N4O3S. The molecule has 0 spiro atoms. The van der Waals surface area contributed by atoms with E-state index in [0.29, 0.717) is 11.7 Å². The average molecular weight is 451 g/mol. The Morgan fingerprint density at radius 1 is 1.16 bits per heavy atom. The Morgan fingerprint density at radius 3 is 2.41 bits per heavy atom. The van der Waals surface area contributed by atoms with Crippen molar-refractivity contribution in [2.75, 3.05) is 6.61 Å². The van der Waals surface area contributed by atoms with Crippen LogP contribution in [0.1, 0.15) is 19.8 Å². The highest BCUT2D eigenvalue weighted by Crippen LogP contribution is 2.37. The number of hydrogen-bond acceptors (Lipinski definition) is 5. The third-order valence-electron chi connectivity index (χ3n) is 5.34. The van der Waals surface area contributed by atoms with Gasteiger partial charge in [0.05, 0.1) is 29.3 Å². The minimum absolute atomic E-state index is 0.0874. The number of benzene rings is 2. The van der Waals surface area contributed by atoms with Gasteiger partial charge in [0.1, 0.15) is 0 Å². The van der Waals surface area contributed by atoms with Gasteiger partial charge in [0.15, 0.2) is 5.16 Å². The van der Waals surface area contributed by atoms with Crippen molar-refractivity contribution in [1.82, 2.24) is 14.9 Å². The molecule has 1 fully saturated rings. The number of urea groups is 1. The van der Waals surface area contributed by atoms with Crippen molar-refractivity contribution in [3.05, 3.63) is 60.7 Å². The summed E-state index contributed by atoms with van der Waals surface area (Å²) >= 11 is 1.30. The Labute approximate surface area is 191 Å². The van der Waals surface area contributed by atoms with E-state index in [-0.39, 0.29) is 6.10 Å². The SMILES string of the molecule is C[C@@H](Sc1nc(-c2ccccc2)c(-c2ccccc2)n1C[C@H]1CCCO1)C(=O)NC(N)=O.